The molecule has 0 aromatic carbocycles. The van der Waals surface area contributed by atoms with Crippen molar-refractivity contribution in [2.75, 3.05) is 0 Å². The fraction of sp³-hybridized carbons (Fsp3) is 0.500. The van der Waals surface area contributed by atoms with E-state index in [0.29, 0.717) is 5.92 Å². The minimum absolute atomic E-state index is 0.650. The third-order valence-corrected chi connectivity index (χ3v) is 0.994. The van der Waals surface area contributed by atoms with Crippen LogP contribution in [0.2, 0.25) is 0 Å². The minimum atomic E-state index is 0.650. The van der Waals surface area contributed by atoms with E-state index in [1.165, 1.54) is 0 Å². The monoisotopic (exact) mass is 94.1 g/mol. The van der Waals surface area contributed by atoms with Crippen LogP contribution in [0, 0.1) is 12.0 Å². The molecular weight excluding hydrogens is 86.1 g/mol. The highest BCUT2D eigenvalue weighted by Crippen LogP contribution is 2.05. The lowest BCUT2D eigenvalue weighted by Crippen LogP contribution is -1.86. The summed E-state index contributed by atoms with van der Waals surface area (Å²) in [6.45, 7) is 2.15. The average molecular weight is 94.1 g/mol. The van der Waals surface area contributed by atoms with Crippen LogP contribution in [0.3, 0.4) is 0 Å². The molecule has 1 aliphatic heterocycles. The maximum atomic E-state index is 3.80. The van der Waals surface area contributed by atoms with Crippen LogP contribution >= 0.6 is 0 Å². The normalized spacial score (nSPS) is 26.1. The van der Waals surface area contributed by atoms with Crippen LogP contribution in [-0.4, -0.2) is 0 Å². The minimum Gasteiger partial charge on any atom is -0.0576 e. The standard InChI is InChI=1S/C6H8N/c1-6-2-4-7-5-3-6/h2,4,6H,3H2,1H3/q+1. The van der Waals surface area contributed by atoms with Crippen molar-refractivity contribution in [3.63, 3.8) is 0 Å². The number of rotatable bonds is 0. The Balaban J connectivity index is 2.58. The second-order valence-corrected chi connectivity index (χ2v) is 1.81. The summed E-state index contributed by atoms with van der Waals surface area (Å²) < 4.78 is 0. The third kappa shape index (κ3) is 1.04. The van der Waals surface area contributed by atoms with Gasteiger partial charge < -0.3 is 0 Å². The Kier molecular flexibility index (Phi) is 1.12. The van der Waals surface area contributed by atoms with Gasteiger partial charge in [0, 0.05) is 6.08 Å². The predicted octanol–water partition coefficient (Wildman–Crippen LogP) is 1.87. The molecule has 0 spiro atoms. The number of allylic oxidation sites excluding steroid dienone is 1. The fourth-order valence-corrected chi connectivity index (χ4v) is 0.507. The summed E-state index contributed by atoms with van der Waals surface area (Å²) in [6, 6.07) is 2.87. The molecule has 1 heteroatoms. The lowest BCUT2D eigenvalue weighted by atomic mass is 10.1. The molecule has 36 valence electrons. The Labute approximate surface area is 43.5 Å². The number of nitrogens with zero attached hydrogens (tertiary/aromatic N) is 1. The average Bonchev–Trinajstić information content (AvgIpc) is 1.69. The van der Waals surface area contributed by atoms with E-state index in [2.05, 4.69) is 23.9 Å². The zero-order chi connectivity index (χ0) is 5.11. The summed E-state index contributed by atoms with van der Waals surface area (Å²) in [5, 5.41) is 0. The highest BCUT2D eigenvalue weighted by Gasteiger charge is 2.02. The molecular formula is C6H8N+. The zero-order valence-electron chi connectivity index (χ0n) is 4.39. The summed E-state index contributed by atoms with van der Waals surface area (Å²) in [6.07, 6.45) is 4.86. The summed E-state index contributed by atoms with van der Waals surface area (Å²) in [5.74, 6) is 0.650. The Morgan fingerprint density at radius 1 is 1.86 bits per heavy atom. The van der Waals surface area contributed by atoms with E-state index in [0.717, 1.165) is 6.42 Å². The van der Waals surface area contributed by atoms with Gasteiger partial charge >= 0.3 is 6.20 Å². The third-order valence-electron chi connectivity index (χ3n) is 0.994. The molecule has 0 aliphatic carbocycles. The molecule has 0 saturated carbocycles. The molecule has 0 bridgehead atoms. The molecule has 0 aromatic rings. The summed E-state index contributed by atoms with van der Waals surface area (Å²) >= 11 is 0. The van der Waals surface area contributed by atoms with Crippen molar-refractivity contribution in [3.8, 4) is 6.07 Å². The van der Waals surface area contributed by atoms with Gasteiger partial charge in [0.2, 0.25) is 0 Å². The van der Waals surface area contributed by atoms with Gasteiger partial charge in [-0.15, -0.1) is 0 Å². The van der Waals surface area contributed by atoms with Crippen LogP contribution in [0.4, 0.5) is 0 Å². The van der Waals surface area contributed by atoms with E-state index in [1.54, 1.807) is 6.20 Å². The van der Waals surface area contributed by atoms with Crippen molar-refractivity contribution in [1.29, 1.82) is 0 Å². The first-order chi connectivity index (χ1) is 3.39. The van der Waals surface area contributed by atoms with E-state index in [9.17, 15) is 0 Å². The summed E-state index contributed by atoms with van der Waals surface area (Å²) in [7, 11) is 0. The van der Waals surface area contributed by atoms with Crippen molar-refractivity contribution in [1.82, 2.24) is 0 Å². The zero-order valence-corrected chi connectivity index (χ0v) is 4.39. The molecule has 7 heavy (non-hydrogen) atoms. The van der Waals surface area contributed by atoms with E-state index in [-0.39, 0.29) is 0 Å². The summed E-state index contributed by atoms with van der Waals surface area (Å²) in [5.41, 5.74) is 0. The Bertz CT molecular complexity index is 136. The predicted molar refractivity (Wildman–Crippen MR) is 30.2 cm³/mol. The maximum absolute atomic E-state index is 3.80. The van der Waals surface area contributed by atoms with Gasteiger partial charge in [-0.05, 0) is 10.8 Å². The van der Waals surface area contributed by atoms with Gasteiger partial charge in [0.1, 0.15) is 0 Å². The largest absolute Gasteiger partial charge is 0.301 e. The lowest BCUT2D eigenvalue weighted by molar-refractivity contribution is 0.753. The Morgan fingerprint density at radius 3 is 3.00 bits per heavy atom. The highest BCUT2D eigenvalue weighted by molar-refractivity contribution is 5.08. The maximum Gasteiger partial charge on any atom is 0.301 e. The second kappa shape index (κ2) is 1.79. The van der Waals surface area contributed by atoms with Gasteiger partial charge in [-0.25, -0.2) is 0 Å². The van der Waals surface area contributed by atoms with Crippen LogP contribution in [0.5, 0.6) is 0 Å². The molecule has 0 N–H and O–H groups in total. The highest BCUT2D eigenvalue weighted by atomic mass is 14.6. The van der Waals surface area contributed by atoms with E-state index in [4.69, 9.17) is 0 Å². The van der Waals surface area contributed by atoms with Gasteiger partial charge in [0.25, 0.3) is 6.07 Å². The molecule has 0 aromatic heterocycles. The van der Waals surface area contributed by atoms with Crippen LogP contribution in [0.1, 0.15) is 13.3 Å². The second-order valence-electron chi connectivity index (χ2n) is 1.81. The van der Waals surface area contributed by atoms with E-state index >= 15 is 0 Å². The molecule has 1 heterocycles. The molecule has 0 amide bonds. The van der Waals surface area contributed by atoms with Crippen LogP contribution in [0.15, 0.2) is 12.3 Å². The van der Waals surface area contributed by atoms with Crippen LogP contribution in [-0.2, 0) is 0 Å². The van der Waals surface area contributed by atoms with Gasteiger partial charge in [-0.1, -0.05) is 6.92 Å². The molecule has 1 aliphatic rings. The molecule has 1 nitrogen and oxygen atoms in total. The molecule has 1 unspecified atom stereocenters. The van der Waals surface area contributed by atoms with Crippen LogP contribution < -0.4 is 0 Å². The van der Waals surface area contributed by atoms with Gasteiger partial charge in [0.05, 0.1) is 6.42 Å². The van der Waals surface area contributed by atoms with Crippen molar-refractivity contribution in [3.05, 3.63) is 17.1 Å². The topological polar surface area (TPSA) is 4.36 Å². The SMILES string of the molecule is CC1C=C[N+]#CC1. The quantitative estimate of drug-likeness (QED) is 0.431. The fourth-order valence-electron chi connectivity index (χ4n) is 0.507. The number of hydrogen-bond donors (Lipinski definition) is 0. The molecule has 0 fully saturated rings. The van der Waals surface area contributed by atoms with E-state index in [1.807, 2.05) is 0 Å². The van der Waals surface area contributed by atoms with E-state index < -0.39 is 0 Å². The van der Waals surface area contributed by atoms with Gasteiger partial charge in [-0.3, -0.25) is 0 Å². The smallest absolute Gasteiger partial charge is 0.0576 e. The Hall–Kier alpha value is -0.770. The molecule has 1 atom stereocenters. The van der Waals surface area contributed by atoms with Gasteiger partial charge in [-0.2, -0.15) is 0 Å². The first-order valence-corrected chi connectivity index (χ1v) is 2.49. The molecule has 1 rings (SSSR count). The van der Waals surface area contributed by atoms with Gasteiger partial charge in [0.15, 0.2) is 0 Å². The first-order valence-electron chi connectivity index (χ1n) is 2.49. The van der Waals surface area contributed by atoms with Crippen molar-refractivity contribution < 1.29 is 0 Å². The Morgan fingerprint density at radius 2 is 2.71 bits per heavy atom. The summed E-state index contributed by atoms with van der Waals surface area (Å²) in [4.78, 5) is 3.80. The first kappa shape index (κ1) is 4.39. The van der Waals surface area contributed by atoms with Crippen molar-refractivity contribution >= 4 is 0 Å². The molecule has 0 saturated heterocycles. The van der Waals surface area contributed by atoms with Crippen molar-refractivity contribution in [2.24, 2.45) is 5.92 Å². The molecule has 0 radical (unpaired) electrons. The van der Waals surface area contributed by atoms with Crippen LogP contribution in [0.25, 0.3) is 4.85 Å². The lowest BCUT2D eigenvalue weighted by Gasteiger charge is -1.90. The number of hydrogen-bond acceptors (Lipinski definition) is 0. The van der Waals surface area contributed by atoms with Crippen molar-refractivity contribution in [2.45, 2.75) is 13.3 Å².